The van der Waals surface area contributed by atoms with E-state index in [9.17, 15) is 9.59 Å². The minimum atomic E-state index is -0.286. The summed E-state index contributed by atoms with van der Waals surface area (Å²) in [7, 11) is 0. The summed E-state index contributed by atoms with van der Waals surface area (Å²) in [6, 6.07) is 0.266. The highest BCUT2D eigenvalue weighted by Crippen LogP contribution is 2.18. The predicted octanol–water partition coefficient (Wildman–Crippen LogP) is 3.16. The molecule has 0 bridgehead atoms. The van der Waals surface area contributed by atoms with Gasteiger partial charge < -0.3 is 9.15 Å². The Morgan fingerprint density at radius 2 is 1.95 bits per heavy atom. The van der Waals surface area contributed by atoms with Gasteiger partial charge in [-0.15, -0.1) is 0 Å². The van der Waals surface area contributed by atoms with Gasteiger partial charge in [0.05, 0.1) is 5.92 Å². The second kappa shape index (κ2) is 8.56. The van der Waals surface area contributed by atoms with Gasteiger partial charge >= 0.3 is 12.0 Å². The van der Waals surface area contributed by atoms with Gasteiger partial charge in [0, 0.05) is 12.5 Å². The summed E-state index contributed by atoms with van der Waals surface area (Å²) in [5.74, 6) is -0.632. The molecule has 0 radical (unpaired) electrons. The molecule has 1 aromatic heterocycles. The number of anilines is 1. The molecular weight excluding hydrogens is 284 g/mol. The Morgan fingerprint density at radius 3 is 2.50 bits per heavy atom. The number of hydrogen-bond donors (Lipinski definition) is 0. The Bertz CT molecular complexity index is 494. The van der Waals surface area contributed by atoms with Crippen LogP contribution >= 0.6 is 0 Å². The van der Waals surface area contributed by atoms with Crippen LogP contribution < -0.4 is 4.90 Å². The van der Waals surface area contributed by atoms with Gasteiger partial charge in [-0.25, -0.2) is 0 Å². The lowest BCUT2D eigenvalue weighted by Crippen LogP contribution is -2.35. The number of unbranched alkanes of at least 4 members (excludes halogenated alkanes) is 1. The molecule has 0 aliphatic heterocycles. The van der Waals surface area contributed by atoms with E-state index in [4.69, 9.17) is 9.15 Å². The van der Waals surface area contributed by atoms with Crippen molar-refractivity contribution in [3.05, 3.63) is 12.0 Å². The van der Waals surface area contributed by atoms with Crippen molar-refractivity contribution in [2.75, 3.05) is 11.4 Å². The normalized spacial score (nSPS) is 11.0. The molecule has 0 saturated carbocycles. The molecule has 1 rings (SSSR count). The maximum atomic E-state index is 12.3. The third kappa shape index (κ3) is 5.16. The fraction of sp³-hybridized carbons (Fsp3) is 0.688. The van der Waals surface area contributed by atoms with E-state index in [1.165, 1.54) is 6.26 Å². The molecule has 0 spiro atoms. The van der Waals surface area contributed by atoms with Crippen molar-refractivity contribution in [3.8, 4) is 0 Å². The monoisotopic (exact) mass is 310 g/mol. The van der Waals surface area contributed by atoms with Crippen molar-refractivity contribution in [1.82, 2.24) is 4.98 Å². The third-order valence-electron chi connectivity index (χ3n) is 3.10. The highest BCUT2D eigenvalue weighted by molar-refractivity contribution is 5.92. The van der Waals surface area contributed by atoms with Crippen molar-refractivity contribution >= 4 is 17.9 Å². The van der Waals surface area contributed by atoms with Crippen LogP contribution in [0.3, 0.4) is 0 Å². The average Bonchev–Trinajstić information content (AvgIpc) is 2.93. The van der Waals surface area contributed by atoms with Crippen LogP contribution in [0.25, 0.3) is 0 Å². The molecular formula is C16H26N2O4. The minimum absolute atomic E-state index is 0.0268. The zero-order valence-electron chi connectivity index (χ0n) is 14.1. The first-order chi connectivity index (χ1) is 10.4. The molecule has 6 nitrogen and oxygen atoms in total. The molecule has 6 heteroatoms. The molecule has 0 fully saturated rings. The number of carbonyl (C=O) groups is 2. The van der Waals surface area contributed by atoms with Gasteiger partial charge in [-0.05, 0) is 6.42 Å². The lowest BCUT2D eigenvalue weighted by atomic mass is 10.2. The molecule has 1 heterocycles. The fourth-order valence-corrected chi connectivity index (χ4v) is 1.73. The summed E-state index contributed by atoms with van der Waals surface area (Å²) in [6.07, 6.45) is 3.27. The van der Waals surface area contributed by atoms with Crippen LogP contribution in [0.2, 0.25) is 0 Å². The quantitative estimate of drug-likeness (QED) is 0.690. The molecule has 0 aromatic carbocycles. The standard InChI is InChI=1S/C16H26N2O4/c1-6-7-8-18(14(19)11(2)3)16-17-13(10-22-16)9-21-15(20)12(4)5/h10-12H,6-9H2,1-5H3. The highest BCUT2D eigenvalue weighted by atomic mass is 16.5. The second-order valence-corrected chi connectivity index (χ2v) is 5.88. The van der Waals surface area contributed by atoms with Crippen molar-refractivity contribution in [3.63, 3.8) is 0 Å². The molecule has 1 amide bonds. The Kier molecular flexibility index (Phi) is 7.08. The largest absolute Gasteiger partial charge is 0.459 e. The van der Waals surface area contributed by atoms with E-state index in [2.05, 4.69) is 11.9 Å². The maximum absolute atomic E-state index is 12.3. The van der Waals surface area contributed by atoms with Gasteiger partial charge in [-0.3, -0.25) is 14.5 Å². The summed E-state index contributed by atoms with van der Waals surface area (Å²) in [5, 5.41) is 0. The number of carbonyl (C=O) groups excluding carboxylic acids is 2. The summed E-state index contributed by atoms with van der Waals surface area (Å²) in [5.41, 5.74) is 0.502. The number of amides is 1. The molecule has 0 aliphatic carbocycles. The van der Waals surface area contributed by atoms with Crippen LogP contribution in [0.4, 0.5) is 6.01 Å². The van der Waals surface area contributed by atoms with Crippen LogP contribution in [0.15, 0.2) is 10.7 Å². The van der Waals surface area contributed by atoms with Crippen molar-refractivity contribution in [2.24, 2.45) is 11.8 Å². The average molecular weight is 310 g/mol. The topological polar surface area (TPSA) is 72.6 Å². The van der Waals surface area contributed by atoms with E-state index in [-0.39, 0.29) is 36.3 Å². The predicted molar refractivity (Wildman–Crippen MR) is 83.2 cm³/mol. The lowest BCUT2D eigenvalue weighted by molar-refractivity contribution is -0.148. The van der Waals surface area contributed by atoms with Gasteiger partial charge in [-0.1, -0.05) is 41.0 Å². The van der Waals surface area contributed by atoms with Crippen molar-refractivity contribution < 1.29 is 18.7 Å². The number of hydrogen-bond acceptors (Lipinski definition) is 5. The molecule has 22 heavy (non-hydrogen) atoms. The van der Waals surface area contributed by atoms with E-state index in [0.717, 1.165) is 12.8 Å². The Labute approximate surface area is 131 Å². The SMILES string of the molecule is CCCCN(C(=O)C(C)C)c1nc(COC(=O)C(C)C)co1. The highest BCUT2D eigenvalue weighted by Gasteiger charge is 2.23. The Morgan fingerprint density at radius 1 is 1.27 bits per heavy atom. The van der Waals surface area contributed by atoms with Crippen LogP contribution in [0.5, 0.6) is 0 Å². The summed E-state index contributed by atoms with van der Waals surface area (Å²) in [6.45, 7) is 9.90. The summed E-state index contributed by atoms with van der Waals surface area (Å²) in [4.78, 5) is 29.5. The van der Waals surface area contributed by atoms with Gasteiger partial charge in [0.15, 0.2) is 0 Å². The van der Waals surface area contributed by atoms with E-state index in [1.54, 1.807) is 18.7 Å². The number of oxazole rings is 1. The second-order valence-electron chi connectivity index (χ2n) is 5.88. The van der Waals surface area contributed by atoms with Crippen LogP contribution in [-0.2, 0) is 20.9 Å². The molecule has 0 atom stereocenters. The number of ether oxygens (including phenoxy) is 1. The molecule has 124 valence electrons. The van der Waals surface area contributed by atoms with E-state index >= 15 is 0 Å². The minimum Gasteiger partial charge on any atom is -0.459 e. The number of esters is 1. The Balaban J connectivity index is 2.76. The first kappa shape index (κ1) is 18.2. The molecule has 0 aliphatic rings. The van der Waals surface area contributed by atoms with E-state index in [1.807, 2.05) is 13.8 Å². The van der Waals surface area contributed by atoms with Crippen LogP contribution in [0.1, 0.15) is 53.2 Å². The number of nitrogens with zero attached hydrogens (tertiary/aromatic N) is 2. The van der Waals surface area contributed by atoms with E-state index in [0.29, 0.717) is 12.2 Å². The maximum Gasteiger partial charge on any atom is 0.308 e. The van der Waals surface area contributed by atoms with Gasteiger partial charge in [0.1, 0.15) is 18.6 Å². The van der Waals surface area contributed by atoms with Gasteiger partial charge in [0.25, 0.3) is 0 Å². The molecule has 1 aromatic rings. The van der Waals surface area contributed by atoms with E-state index < -0.39 is 0 Å². The van der Waals surface area contributed by atoms with Crippen molar-refractivity contribution in [2.45, 2.75) is 54.1 Å². The third-order valence-corrected chi connectivity index (χ3v) is 3.10. The summed E-state index contributed by atoms with van der Waals surface area (Å²) >= 11 is 0. The van der Waals surface area contributed by atoms with Gasteiger partial charge in [0.2, 0.25) is 5.91 Å². The first-order valence-corrected chi connectivity index (χ1v) is 7.79. The fourth-order valence-electron chi connectivity index (χ4n) is 1.73. The first-order valence-electron chi connectivity index (χ1n) is 7.79. The molecule has 0 unspecified atom stereocenters. The number of aromatic nitrogens is 1. The van der Waals surface area contributed by atoms with Crippen molar-refractivity contribution in [1.29, 1.82) is 0 Å². The van der Waals surface area contributed by atoms with Crippen LogP contribution in [-0.4, -0.2) is 23.4 Å². The van der Waals surface area contributed by atoms with Crippen LogP contribution in [0, 0.1) is 11.8 Å². The number of rotatable bonds is 8. The zero-order chi connectivity index (χ0) is 16.7. The molecule has 0 saturated heterocycles. The van der Waals surface area contributed by atoms with Gasteiger partial charge in [-0.2, -0.15) is 4.98 Å². The summed E-state index contributed by atoms with van der Waals surface area (Å²) < 4.78 is 10.5. The zero-order valence-corrected chi connectivity index (χ0v) is 14.1. The smallest absolute Gasteiger partial charge is 0.308 e. The Hall–Kier alpha value is -1.85. The lowest BCUT2D eigenvalue weighted by Gasteiger charge is -2.20. The molecule has 0 N–H and O–H groups in total.